The summed E-state index contributed by atoms with van der Waals surface area (Å²) in [6.45, 7) is 10.6. The maximum absolute atomic E-state index is 12.8. The number of hydrogen-bond donors (Lipinski definition) is 0. The minimum absolute atomic E-state index is 0.136. The first-order valence-corrected chi connectivity index (χ1v) is 9.00. The fraction of sp³-hybridized carbons (Fsp3) is 0.684. The number of carbonyl (C=O) groups excluding carboxylic acids is 1. The van der Waals surface area contributed by atoms with Gasteiger partial charge in [0, 0.05) is 44.1 Å². The van der Waals surface area contributed by atoms with Gasteiger partial charge in [0.1, 0.15) is 0 Å². The molecule has 1 amide bonds. The van der Waals surface area contributed by atoms with Gasteiger partial charge in [-0.1, -0.05) is 13.8 Å². The highest BCUT2D eigenvalue weighted by atomic mass is 16.2. The lowest BCUT2D eigenvalue weighted by Crippen LogP contribution is -2.46. The molecule has 126 valence electrons. The molecule has 1 aliphatic carbocycles. The van der Waals surface area contributed by atoms with Crippen molar-refractivity contribution in [1.29, 1.82) is 0 Å². The van der Waals surface area contributed by atoms with E-state index in [1.54, 1.807) is 6.20 Å². The summed E-state index contributed by atoms with van der Waals surface area (Å²) in [7, 11) is 0. The molecule has 4 nitrogen and oxygen atoms in total. The Bertz CT molecular complexity index is 536. The van der Waals surface area contributed by atoms with Gasteiger partial charge in [0.2, 0.25) is 0 Å². The Hall–Kier alpha value is -1.42. The molecule has 3 rings (SSSR count). The summed E-state index contributed by atoms with van der Waals surface area (Å²) >= 11 is 0. The zero-order valence-electron chi connectivity index (χ0n) is 14.7. The molecule has 2 heterocycles. The summed E-state index contributed by atoms with van der Waals surface area (Å²) in [5.41, 5.74) is 1.67. The Morgan fingerprint density at radius 1 is 1.30 bits per heavy atom. The number of aryl methyl sites for hydroxylation is 1. The lowest BCUT2D eigenvalue weighted by Gasteiger charge is -2.34. The van der Waals surface area contributed by atoms with E-state index in [0.717, 1.165) is 37.7 Å². The van der Waals surface area contributed by atoms with Crippen molar-refractivity contribution in [3.63, 3.8) is 0 Å². The molecular formula is C19H29N3O. The van der Waals surface area contributed by atoms with Gasteiger partial charge in [-0.05, 0) is 50.2 Å². The highest BCUT2D eigenvalue weighted by molar-refractivity contribution is 5.94. The zero-order valence-corrected chi connectivity index (χ0v) is 14.7. The smallest absolute Gasteiger partial charge is 0.255 e. The Balaban J connectivity index is 1.72. The van der Waals surface area contributed by atoms with Crippen LogP contribution < -0.4 is 0 Å². The van der Waals surface area contributed by atoms with Crippen molar-refractivity contribution < 1.29 is 4.79 Å². The van der Waals surface area contributed by atoms with E-state index in [0.29, 0.717) is 17.5 Å². The fourth-order valence-electron chi connectivity index (χ4n) is 3.52. The zero-order chi connectivity index (χ0) is 16.4. The molecule has 1 aromatic rings. The molecular weight excluding hydrogens is 286 g/mol. The van der Waals surface area contributed by atoms with E-state index < -0.39 is 0 Å². The predicted octanol–water partition coefficient (Wildman–Crippen LogP) is 2.97. The minimum Gasteiger partial charge on any atom is -0.337 e. The SMILES string of the molecule is Cc1ccc(C(=O)N2CCCN(CC3CC3)[C@@H](C(C)C)C2)cn1. The Kier molecular flexibility index (Phi) is 5.00. The molecule has 4 heteroatoms. The largest absolute Gasteiger partial charge is 0.337 e. The Morgan fingerprint density at radius 2 is 2.09 bits per heavy atom. The first-order valence-electron chi connectivity index (χ1n) is 9.00. The van der Waals surface area contributed by atoms with Crippen molar-refractivity contribution in [3.8, 4) is 0 Å². The Labute approximate surface area is 139 Å². The third-order valence-electron chi connectivity index (χ3n) is 5.15. The van der Waals surface area contributed by atoms with Crippen molar-refractivity contribution in [2.24, 2.45) is 11.8 Å². The van der Waals surface area contributed by atoms with Crippen LogP contribution in [0.1, 0.15) is 49.2 Å². The molecule has 0 spiro atoms. The van der Waals surface area contributed by atoms with Crippen LogP contribution in [0.15, 0.2) is 18.3 Å². The minimum atomic E-state index is 0.136. The molecule has 0 N–H and O–H groups in total. The van der Waals surface area contributed by atoms with Crippen LogP contribution in [0, 0.1) is 18.8 Å². The first-order chi connectivity index (χ1) is 11.0. The molecule has 23 heavy (non-hydrogen) atoms. The van der Waals surface area contributed by atoms with E-state index in [9.17, 15) is 4.79 Å². The van der Waals surface area contributed by atoms with E-state index in [4.69, 9.17) is 0 Å². The predicted molar refractivity (Wildman–Crippen MR) is 92.4 cm³/mol. The van der Waals surface area contributed by atoms with E-state index >= 15 is 0 Å². The number of nitrogens with zero attached hydrogens (tertiary/aromatic N) is 3. The van der Waals surface area contributed by atoms with Crippen molar-refractivity contribution in [2.75, 3.05) is 26.2 Å². The number of amides is 1. The second-order valence-electron chi connectivity index (χ2n) is 7.54. The quantitative estimate of drug-likeness (QED) is 0.857. The summed E-state index contributed by atoms with van der Waals surface area (Å²) in [6.07, 6.45) is 5.56. The summed E-state index contributed by atoms with van der Waals surface area (Å²) in [4.78, 5) is 21.8. The second kappa shape index (κ2) is 7.00. The molecule has 1 aliphatic heterocycles. The number of hydrogen-bond acceptors (Lipinski definition) is 3. The lowest BCUT2D eigenvalue weighted by atomic mass is 10.0. The van der Waals surface area contributed by atoms with Gasteiger partial charge in [0.25, 0.3) is 5.91 Å². The molecule has 2 aliphatic rings. The van der Waals surface area contributed by atoms with Crippen molar-refractivity contribution in [3.05, 3.63) is 29.6 Å². The maximum atomic E-state index is 12.8. The normalized spacial score (nSPS) is 23.1. The highest BCUT2D eigenvalue weighted by Gasteiger charge is 2.33. The van der Waals surface area contributed by atoms with Crippen LogP contribution in [0.25, 0.3) is 0 Å². The number of carbonyl (C=O) groups is 1. The van der Waals surface area contributed by atoms with Crippen LogP contribution in [0.2, 0.25) is 0 Å². The number of rotatable bonds is 4. The molecule has 0 radical (unpaired) electrons. The summed E-state index contributed by atoms with van der Waals surface area (Å²) < 4.78 is 0. The van der Waals surface area contributed by atoms with Gasteiger partial charge in [0.15, 0.2) is 0 Å². The Morgan fingerprint density at radius 3 is 2.70 bits per heavy atom. The molecule has 0 aromatic carbocycles. The van der Waals surface area contributed by atoms with Gasteiger partial charge in [-0.25, -0.2) is 0 Å². The van der Waals surface area contributed by atoms with Crippen molar-refractivity contribution >= 4 is 5.91 Å². The van der Waals surface area contributed by atoms with Gasteiger partial charge in [-0.15, -0.1) is 0 Å². The topological polar surface area (TPSA) is 36.4 Å². The lowest BCUT2D eigenvalue weighted by molar-refractivity contribution is 0.0704. The van der Waals surface area contributed by atoms with Crippen molar-refractivity contribution in [1.82, 2.24) is 14.8 Å². The van der Waals surface area contributed by atoms with Crippen LogP contribution in [0.5, 0.6) is 0 Å². The van der Waals surface area contributed by atoms with E-state index in [-0.39, 0.29) is 5.91 Å². The first kappa shape index (κ1) is 16.4. The van der Waals surface area contributed by atoms with Gasteiger partial charge < -0.3 is 4.90 Å². The van der Waals surface area contributed by atoms with Crippen LogP contribution in [-0.4, -0.2) is 52.9 Å². The standard InChI is InChI=1S/C19H29N3O/c1-14(2)18-13-22(10-4-9-21(18)12-16-6-7-16)19(23)17-8-5-15(3)20-11-17/h5,8,11,14,16,18H,4,6-7,9-10,12-13H2,1-3H3/t18-/m1/s1. The molecule has 1 atom stereocenters. The van der Waals surface area contributed by atoms with Crippen LogP contribution >= 0.6 is 0 Å². The summed E-state index contributed by atoms with van der Waals surface area (Å²) in [5, 5.41) is 0. The summed E-state index contributed by atoms with van der Waals surface area (Å²) in [5.74, 6) is 1.61. The molecule has 1 saturated heterocycles. The molecule has 1 aromatic heterocycles. The number of aromatic nitrogens is 1. The number of pyridine rings is 1. The average Bonchev–Trinajstić information content (AvgIpc) is 3.34. The van der Waals surface area contributed by atoms with Gasteiger partial charge in [-0.3, -0.25) is 14.7 Å². The van der Waals surface area contributed by atoms with Crippen LogP contribution in [0.4, 0.5) is 0 Å². The van der Waals surface area contributed by atoms with Gasteiger partial charge >= 0.3 is 0 Å². The van der Waals surface area contributed by atoms with Crippen LogP contribution in [-0.2, 0) is 0 Å². The van der Waals surface area contributed by atoms with E-state index in [1.165, 1.54) is 19.4 Å². The van der Waals surface area contributed by atoms with Crippen molar-refractivity contribution in [2.45, 2.75) is 46.1 Å². The molecule has 2 fully saturated rings. The van der Waals surface area contributed by atoms with Gasteiger partial charge in [-0.2, -0.15) is 0 Å². The average molecular weight is 315 g/mol. The molecule has 1 saturated carbocycles. The second-order valence-corrected chi connectivity index (χ2v) is 7.54. The maximum Gasteiger partial charge on any atom is 0.255 e. The van der Waals surface area contributed by atoms with Crippen LogP contribution in [0.3, 0.4) is 0 Å². The molecule has 0 bridgehead atoms. The third kappa shape index (κ3) is 4.11. The fourth-order valence-corrected chi connectivity index (χ4v) is 3.52. The monoisotopic (exact) mass is 315 g/mol. The summed E-state index contributed by atoms with van der Waals surface area (Å²) in [6, 6.07) is 4.30. The third-order valence-corrected chi connectivity index (χ3v) is 5.15. The highest BCUT2D eigenvalue weighted by Crippen LogP contribution is 2.32. The van der Waals surface area contributed by atoms with Gasteiger partial charge in [0.05, 0.1) is 5.56 Å². The molecule has 0 unspecified atom stereocenters. The van der Waals surface area contributed by atoms with E-state index in [2.05, 4.69) is 23.7 Å². The van der Waals surface area contributed by atoms with E-state index in [1.807, 2.05) is 24.0 Å².